The fourth-order valence-corrected chi connectivity index (χ4v) is 1.04. The van der Waals surface area contributed by atoms with Crippen LogP contribution >= 0.6 is 0 Å². The summed E-state index contributed by atoms with van der Waals surface area (Å²) in [4.78, 5) is 0. The second-order valence-electron chi connectivity index (χ2n) is 2.53. The van der Waals surface area contributed by atoms with Gasteiger partial charge in [0, 0.05) is 11.6 Å². The van der Waals surface area contributed by atoms with Crippen LogP contribution in [0.25, 0.3) is 0 Å². The van der Waals surface area contributed by atoms with Gasteiger partial charge in [0.15, 0.2) is 18.9 Å². The van der Waals surface area contributed by atoms with Crippen molar-refractivity contribution in [2.75, 3.05) is 6.61 Å². The zero-order chi connectivity index (χ0) is 8.10. The minimum absolute atomic E-state index is 0. The second-order valence-corrected chi connectivity index (χ2v) is 2.53. The van der Waals surface area contributed by atoms with Crippen LogP contribution in [0.1, 0.15) is 12.5 Å². The maximum atomic E-state index is 8.66. The third-order valence-corrected chi connectivity index (χ3v) is 1.69. The lowest BCUT2D eigenvalue weighted by molar-refractivity contribution is -0.698. The minimum Gasteiger partial charge on any atom is -1.00 e. The lowest BCUT2D eigenvalue weighted by atomic mass is 10.2. The van der Waals surface area contributed by atoms with Gasteiger partial charge >= 0.3 is 0 Å². The molecule has 0 aromatic carbocycles. The highest BCUT2D eigenvalue weighted by molar-refractivity contribution is 5.04. The number of aryl methyl sites for hydroxylation is 1. The van der Waals surface area contributed by atoms with Gasteiger partial charge in [-0.3, -0.25) is 0 Å². The molecule has 1 heterocycles. The predicted octanol–water partition coefficient (Wildman–Crippen LogP) is -2.47. The van der Waals surface area contributed by atoms with E-state index in [0.29, 0.717) is 6.54 Å². The maximum absolute atomic E-state index is 8.66. The maximum Gasteiger partial charge on any atom is 0.172 e. The van der Waals surface area contributed by atoms with E-state index in [4.69, 9.17) is 5.11 Å². The number of halogens is 1. The predicted molar refractivity (Wildman–Crippen MR) is 43.1 cm³/mol. The third-order valence-electron chi connectivity index (χ3n) is 1.69. The summed E-state index contributed by atoms with van der Waals surface area (Å²) in [5.74, 6) is 0. The highest BCUT2D eigenvalue weighted by atomic mass is 35.5. The van der Waals surface area contributed by atoms with Crippen LogP contribution < -0.4 is 17.0 Å². The Hall–Kier alpha value is -0.600. The van der Waals surface area contributed by atoms with E-state index in [1.54, 1.807) is 0 Å². The molecule has 0 unspecified atom stereocenters. The number of rotatable bonds is 3. The van der Waals surface area contributed by atoms with Crippen molar-refractivity contribution in [2.45, 2.75) is 19.9 Å². The molecule has 0 radical (unpaired) electrons. The molecule has 0 saturated carbocycles. The molecule has 0 amide bonds. The first-order valence-corrected chi connectivity index (χ1v) is 3.95. The van der Waals surface area contributed by atoms with E-state index in [0.717, 1.165) is 6.42 Å². The molecule has 0 bridgehead atoms. The van der Waals surface area contributed by atoms with Gasteiger partial charge < -0.3 is 17.5 Å². The smallest absolute Gasteiger partial charge is 0.172 e. The normalized spacial score (nSPS) is 9.17. The summed E-state index contributed by atoms with van der Waals surface area (Å²) in [6, 6.07) is 4.10. The molecule has 1 rings (SSSR count). The van der Waals surface area contributed by atoms with Gasteiger partial charge in [0.2, 0.25) is 0 Å². The Bertz CT molecular complexity index is 228. The third kappa shape index (κ3) is 3.20. The summed E-state index contributed by atoms with van der Waals surface area (Å²) in [7, 11) is 0. The van der Waals surface area contributed by atoms with Gasteiger partial charge in [-0.25, -0.2) is 4.57 Å². The molecule has 0 aliphatic rings. The first kappa shape index (κ1) is 11.4. The standard InChI is InChI=1S/C9H14NO.ClH/c1-2-9-4-3-5-10(8-9)6-7-11;/h3-5,8,11H,2,6-7H2,1H3;1H/q+1;/p-1. The lowest BCUT2D eigenvalue weighted by Gasteiger charge is -1.95. The van der Waals surface area contributed by atoms with Crippen LogP contribution in [0.4, 0.5) is 0 Å². The molecule has 1 aromatic rings. The van der Waals surface area contributed by atoms with E-state index < -0.39 is 0 Å². The Morgan fingerprint density at radius 1 is 1.50 bits per heavy atom. The molecule has 0 spiro atoms. The van der Waals surface area contributed by atoms with E-state index in [1.807, 2.05) is 16.8 Å². The zero-order valence-corrected chi connectivity index (χ0v) is 7.96. The number of hydrogen-bond donors (Lipinski definition) is 1. The average Bonchev–Trinajstić information content (AvgIpc) is 2.06. The number of aliphatic hydroxyl groups excluding tert-OH is 1. The molecule has 0 fully saturated rings. The van der Waals surface area contributed by atoms with E-state index >= 15 is 0 Å². The topological polar surface area (TPSA) is 24.1 Å². The van der Waals surface area contributed by atoms with Gasteiger partial charge in [-0.15, -0.1) is 0 Å². The summed E-state index contributed by atoms with van der Waals surface area (Å²) >= 11 is 0. The van der Waals surface area contributed by atoms with E-state index in [1.165, 1.54) is 5.56 Å². The molecule has 2 nitrogen and oxygen atoms in total. The molecule has 1 aromatic heterocycles. The molecule has 0 atom stereocenters. The summed E-state index contributed by atoms with van der Waals surface area (Å²) < 4.78 is 2.00. The van der Waals surface area contributed by atoms with Crippen molar-refractivity contribution in [3.63, 3.8) is 0 Å². The Morgan fingerprint density at radius 2 is 2.25 bits per heavy atom. The van der Waals surface area contributed by atoms with Crippen LogP contribution in [0.15, 0.2) is 24.5 Å². The molecule has 1 N–H and O–H groups in total. The van der Waals surface area contributed by atoms with Gasteiger partial charge in [-0.1, -0.05) is 6.92 Å². The van der Waals surface area contributed by atoms with Gasteiger partial charge in [0.05, 0.1) is 0 Å². The molecule has 3 heteroatoms. The first-order valence-electron chi connectivity index (χ1n) is 3.95. The van der Waals surface area contributed by atoms with Crippen molar-refractivity contribution in [2.24, 2.45) is 0 Å². The Kier molecular flexibility index (Phi) is 5.68. The lowest BCUT2D eigenvalue weighted by Crippen LogP contribution is -3.00. The Balaban J connectivity index is 0.00000121. The van der Waals surface area contributed by atoms with Crippen molar-refractivity contribution in [3.8, 4) is 0 Å². The van der Waals surface area contributed by atoms with Crippen molar-refractivity contribution in [3.05, 3.63) is 30.1 Å². The van der Waals surface area contributed by atoms with Gasteiger partial charge in [0.25, 0.3) is 0 Å². The molecule has 68 valence electrons. The van der Waals surface area contributed by atoms with E-state index in [9.17, 15) is 0 Å². The quantitative estimate of drug-likeness (QED) is 0.522. The number of aliphatic hydroxyl groups is 1. The zero-order valence-electron chi connectivity index (χ0n) is 7.20. The summed E-state index contributed by atoms with van der Waals surface area (Å²) in [6.07, 6.45) is 5.08. The second kappa shape index (κ2) is 5.98. The molecule has 0 aliphatic heterocycles. The van der Waals surface area contributed by atoms with E-state index in [2.05, 4.69) is 19.2 Å². The fourth-order valence-electron chi connectivity index (χ4n) is 1.04. The SMILES string of the molecule is CCc1ccc[n+](CCO)c1.[Cl-]. The highest BCUT2D eigenvalue weighted by Crippen LogP contribution is 1.93. The van der Waals surface area contributed by atoms with Crippen molar-refractivity contribution in [1.29, 1.82) is 0 Å². The van der Waals surface area contributed by atoms with Crippen molar-refractivity contribution in [1.82, 2.24) is 0 Å². The number of aromatic nitrogens is 1. The summed E-state index contributed by atoms with van der Waals surface area (Å²) in [5.41, 5.74) is 1.31. The molecule has 12 heavy (non-hydrogen) atoms. The minimum atomic E-state index is 0. The van der Waals surface area contributed by atoms with Crippen LogP contribution in [0.5, 0.6) is 0 Å². The Morgan fingerprint density at radius 3 is 2.83 bits per heavy atom. The monoisotopic (exact) mass is 187 g/mol. The summed E-state index contributed by atoms with van der Waals surface area (Å²) in [5, 5.41) is 8.66. The molecular weight excluding hydrogens is 174 g/mol. The highest BCUT2D eigenvalue weighted by Gasteiger charge is 1.98. The number of hydrogen-bond acceptors (Lipinski definition) is 1. The van der Waals surface area contributed by atoms with E-state index in [-0.39, 0.29) is 19.0 Å². The van der Waals surface area contributed by atoms with Gasteiger partial charge in [-0.05, 0) is 12.5 Å². The summed E-state index contributed by atoms with van der Waals surface area (Å²) in [6.45, 7) is 3.02. The van der Waals surface area contributed by atoms with Gasteiger partial charge in [0.1, 0.15) is 6.61 Å². The van der Waals surface area contributed by atoms with Crippen LogP contribution in [-0.2, 0) is 13.0 Å². The number of pyridine rings is 1. The molecule has 0 saturated heterocycles. The molecule has 0 aliphatic carbocycles. The van der Waals surface area contributed by atoms with Crippen LogP contribution in [0, 0.1) is 0 Å². The average molecular weight is 188 g/mol. The largest absolute Gasteiger partial charge is 1.00 e. The van der Waals surface area contributed by atoms with Crippen molar-refractivity contribution < 1.29 is 22.1 Å². The van der Waals surface area contributed by atoms with Crippen LogP contribution in [-0.4, -0.2) is 11.7 Å². The molecular formula is C9H14ClNO. The van der Waals surface area contributed by atoms with Crippen molar-refractivity contribution >= 4 is 0 Å². The van der Waals surface area contributed by atoms with Gasteiger partial charge in [-0.2, -0.15) is 0 Å². The van der Waals surface area contributed by atoms with Crippen LogP contribution in [0.2, 0.25) is 0 Å². The number of nitrogens with zero attached hydrogens (tertiary/aromatic N) is 1. The Labute approximate surface area is 79.3 Å². The first-order chi connectivity index (χ1) is 5.36. The van der Waals surface area contributed by atoms with Crippen LogP contribution in [0.3, 0.4) is 0 Å². The fraction of sp³-hybridized carbons (Fsp3) is 0.444.